The van der Waals surface area contributed by atoms with Crippen LogP contribution in [-0.2, 0) is 0 Å². The molecule has 2 nitrogen and oxygen atoms in total. The molecule has 2 heteroatoms. The second kappa shape index (κ2) is 5.33. The highest BCUT2D eigenvalue weighted by Crippen LogP contribution is 2.38. The number of hydrogen-bond donors (Lipinski definition) is 1. The standard InChI is InChI=1S/C14H26N2/c1-4-9-16(13-6-7-13)14-8-5-12(14)10-15-11(2)3/h4,11-15H,1,5-10H2,2-3H3. The first-order chi connectivity index (χ1) is 7.72. The zero-order chi connectivity index (χ0) is 11.5. The molecule has 92 valence electrons. The third-order valence-electron chi connectivity index (χ3n) is 3.95. The van der Waals surface area contributed by atoms with E-state index in [9.17, 15) is 0 Å². The maximum Gasteiger partial charge on any atom is 0.0166 e. The predicted octanol–water partition coefficient (Wildman–Crippen LogP) is 2.41. The van der Waals surface area contributed by atoms with Crippen LogP contribution in [-0.4, -0.2) is 36.1 Å². The van der Waals surface area contributed by atoms with Gasteiger partial charge in [-0.05, 0) is 38.1 Å². The topological polar surface area (TPSA) is 15.3 Å². The summed E-state index contributed by atoms with van der Waals surface area (Å²) in [5.74, 6) is 0.878. The van der Waals surface area contributed by atoms with Crippen molar-refractivity contribution in [3.63, 3.8) is 0 Å². The first kappa shape index (κ1) is 12.1. The van der Waals surface area contributed by atoms with Crippen molar-refractivity contribution in [1.29, 1.82) is 0 Å². The third kappa shape index (κ3) is 2.86. The Balaban J connectivity index is 1.80. The molecule has 2 unspecified atom stereocenters. The van der Waals surface area contributed by atoms with Crippen LogP contribution in [0.15, 0.2) is 12.7 Å². The van der Waals surface area contributed by atoms with Crippen molar-refractivity contribution >= 4 is 0 Å². The summed E-state index contributed by atoms with van der Waals surface area (Å²) in [5, 5.41) is 3.58. The number of nitrogens with one attached hydrogen (secondary N) is 1. The zero-order valence-corrected chi connectivity index (χ0v) is 10.8. The number of nitrogens with zero attached hydrogens (tertiary/aromatic N) is 1. The van der Waals surface area contributed by atoms with Crippen molar-refractivity contribution in [2.24, 2.45) is 5.92 Å². The van der Waals surface area contributed by atoms with Gasteiger partial charge in [-0.25, -0.2) is 0 Å². The molecule has 0 radical (unpaired) electrons. The molecule has 2 fully saturated rings. The fraction of sp³-hybridized carbons (Fsp3) is 0.857. The lowest BCUT2D eigenvalue weighted by Gasteiger charge is -2.45. The van der Waals surface area contributed by atoms with Crippen LogP contribution in [0.25, 0.3) is 0 Å². The quantitative estimate of drug-likeness (QED) is 0.666. The van der Waals surface area contributed by atoms with E-state index in [1.807, 2.05) is 0 Å². The highest BCUT2D eigenvalue weighted by molar-refractivity contribution is 4.98. The van der Waals surface area contributed by atoms with Gasteiger partial charge in [0.15, 0.2) is 0 Å². The molecule has 2 aliphatic rings. The second-order valence-corrected chi connectivity index (χ2v) is 5.68. The predicted molar refractivity (Wildman–Crippen MR) is 69.6 cm³/mol. The molecule has 0 aromatic heterocycles. The third-order valence-corrected chi connectivity index (χ3v) is 3.95. The summed E-state index contributed by atoms with van der Waals surface area (Å²) in [4.78, 5) is 2.70. The summed E-state index contributed by atoms with van der Waals surface area (Å²) in [7, 11) is 0. The Morgan fingerprint density at radius 3 is 2.50 bits per heavy atom. The van der Waals surface area contributed by atoms with Gasteiger partial charge < -0.3 is 5.32 Å². The number of hydrogen-bond acceptors (Lipinski definition) is 2. The van der Waals surface area contributed by atoms with Crippen molar-refractivity contribution in [3.05, 3.63) is 12.7 Å². The summed E-state index contributed by atoms with van der Waals surface area (Å²) in [6.45, 7) is 10.6. The Bertz CT molecular complexity index is 233. The first-order valence-corrected chi connectivity index (χ1v) is 6.82. The molecule has 16 heavy (non-hydrogen) atoms. The molecular formula is C14H26N2. The lowest BCUT2D eigenvalue weighted by molar-refractivity contribution is 0.0638. The van der Waals surface area contributed by atoms with E-state index in [1.165, 1.54) is 32.2 Å². The fourth-order valence-electron chi connectivity index (χ4n) is 2.72. The normalized spacial score (nSPS) is 29.5. The van der Waals surface area contributed by atoms with E-state index in [1.54, 1.807) is 0 Å². The molecule has 2 atom stereocenters. The SMILES string of the molecule is C=CCN(C1CC1)C1CCC1CNC(C)C. The molecule has 0 heterocycles. The molecular weight excluding hydrogens is 196 g/mol. The smallest absolute Gasteiger partial charge is 0.0166 e. The van der Waals surface area contributed by atoms with Crippen LogP contribution in [0.1, 0.15) is 39.5 Å². The van der Waals surface area contributed by atoms with Gasteiger partial charge in [-0.3, -0.25) is 4.90 Å². The van der Waals surface area contributed by atoms with E-state index in [0.717, 1.165) is 24.5 Å². The van der Waals surface area contributed by atoms with Gasteiger partial charge in [0.1, 0.15) is 0 Å². The molecule has 2 rings (SSSR count). The number of rotatable bonds is 7. The Morgan fingerprint density at radius 2 is 2.06 bits per heavy atom. The molecule has 0 spiro atoms. The maximum absolute atomic E-state index is 3.89. The van der Waals surface area contributed by atoms with Gasteiger partial charge in [0.25, 0.3) is 0 Å². The zero-order valence-electron chi connectivity index (χ0n) is 10.8. The highest BCUT2D eigenvalue weighted by atomic mass is 15.2. The van der Waals surface area contributed by atoms with Crippen LogP contribution in [0.3, 0.4) is 0 Å². The summed E-state index contributed by atoms with van der Waals surface area (Å²) in [5.41, 5.74) is 0. The van der Waals surface area contributed by atoms with Crippen LogP contribution in [0.4, 0.5) is 0 Å². The van der Waals surface area contributed by atoms with E-state index in [0.29, 0.717) is 6.04 Å². The minimum atomic E-state index is 0.620. The lowest BCUT2D eigenvalue weighted by atomic mass is 9.78. The Kier molecular flexibility index (Phi) is 4.04. The van der Waals surface area contributed by atoms with E-state index < -0.39 is 0 Å². The fourth-order valence-corrected chi connectivity index (χ4v) is 2.72. The summed E-state index contributed by atoms with van der Waals surface area (Å²) < 4.78 is 0. The van der Waals surface area contributed by atoms with Crippen molar-refractivity contribution in [2.45, 2.75) is 57.7 Å². The van der Waals surface area contributed by atoms with Crippen LogP contribution in [0.2, 0.25) is 0 Å². The van der Waals surface area contributed by atoms with Crippen LogP contribution in [0.5, 0.6) is 0 Å². The van der Waals surface area contributed by atoms with Gasteiger partial charge in [0.05, 0.1) is 0 Å². The summed E-state index contributed by atoms with van der Waals surface area (Å²) in [6, 6.07) is 2.33. The molecule has 0 amide bonds. The van der Waals surface area contributed by atoms with Crippen LogP contribution in [0, 0.1) is 5.92 Å². The highest BCUT2D eigenvalue weighted by Gasteiger charge is 2.41. The molecule has 0 bridgehead atoms. The van der Waals surface area contributed by atoms with E-state index in [2.05, 4.69) is 36.7 Å². The van der Waals surface area contributed by atoms with Crippen molar-refractivity contribution in [2.75, 3.05) is 13.1 Å². The monoisotopic (exact) mass is 222 g/mol. The molecule has 2 saturated carbocycles. The molecule has 1 N–H and O–H groups in total. The van der Waals surface area contributed by atoms with Gasteiger partial charge in [-0.15, -0.1) is 6.58 Å². The van der Waals surface area contributed by atoms with Crippen LogP contribution < -0.4 is 5.32 Å². The lowest BCUT2D eigenvalue weighted by Crippen LogP contribution is -2.52. The van der Waals surface area contributed by atoms with Crippen molar-refractivity contribution in [3.8, 4) is 0 Å². The Hall–Kier alpha value is -0.340. The van der Waals surface area contributed by atoms with Gasteiger partial charge in [-0.2, -0.15) is 0 Å². The average Bonchev–Trinajstić information content (AvgIpc) is 2.98. The van der Waals surface area contributed by atoms with Crippen molar-refractivity contribution < 1.29 is 0 Å². The summed E-state index contributed by atoms with van der Waals surface area (Å²) >= 11 is 0. The van der Waals surface area contributed by atoms with E-state index in [-0.39, 0.29) is 0 Å². The van der Waals surface area contributed by atoms with E-state index in [4.69, 9.17) is 0 Å². The van der Waals surface area contributed by atoms with E-state index >= 15 is 0 Å². The first-order valence-electron chi connectivity index (χ1n) is 6.82. The average molecular weight is 222 g/mol. The molecule has 0 aromatic carbocycles. The molecule has 0 aromatic rings. The Morgan fingerprint density at radius 1 is 1.31 bits per heavy atom. The van der Waals surface area contributed by atoms with Crippen molar-refractivity contribution in [1.82, 2.24) is 10.2 Å². The molecule has 2 aliphatic carbocycles. The maximum atomic E-state index is 3.89. The van der Waals surface area contributed by atoms with Gasteiger partial charge in [0.2, 0.25) is 0 Å². The van der Waals surface area contributed by atoms with Gasteiger partial charge in [-0.1, -0.05) is 19.9 Å². The Labute approximate surface area is 100 Å². The largest absolute Gasteiger partial charge is 0.314 e. The minimum absolute atomic E-state index is 0.620. The second-order valence-electron chi connectivity index (χ2n) is 5.68. The van der Waals surface area contributed by atoms with Crippen LogP contribution >= 0.6 is 0 Å². The molecule has 0 saturated heterocycles. The molecule has 0 aliphatic heterocycles. The van der Waals surface area contributed by atoms with Gasteiger partial charge in [0, 0.05) is 24.7 Å². The van der Waals surface area contributed by atoms with Gasteiger partial charge >= 0.3 is 0 Å². The summed E-state index contributed by atoms with van der Waals surface area (Å²) in [6.07, 6.45) is 7.70. The minimum Gasteiger partial charge on any atom is -0.314 e.